The van der Waals surface area contributed by atoms with Gasteiger partial charge in [-0.15, -0.1) is 0 Å². The highest BCUT2D eigenvalue weighted by atomic mass is 19.4. The van der Waals surface area contributed by atoms with Gasteiger partial charge in [0.25, 0.3) is 0 Å². The van der Waals surface area contributed by atoms with Crippen molar-refractivity contribution < 1.29 is 47.2 Å². The van der Waals surface area contributed by atoms with Gasteiger partial charge in [0.1, 0.15) is 11.5 Å². The fraction of sp³-hybridized carbons (Fsp3) is 0.548. The van der Waals surface area contributed by atoms with Crippen LogP contribution in [0.3, 0.4) is 0 Å². The molecule has 0 aromatic heterocycles. The normalized spacial score (nSPS) is 17.0. The number of carboxylic acid groups (broad SMARTS) is 2. The van der Waals surface area contributed by atoms with Crippen LogP contribution in [-0.4, -0.2) is 72.7 Å². The first kappa shape index (κ1) is 33.2. The average Bonchev–Trinajstić information content (AvgIpc) is 3.27. The molecule has 0 bridgehead atoms. The summed E-state index contributed by atoms with van der Waals surface area (Å²) in [6.07, 6.45) is -2.29. The molecular formula is C31H40F3NO7. The first-order valence-electron chi connectivity index (χ1n) is 14.0. The van der Waals surface area contributed by atoms with E-state index in [1.54, 1.807) is 0 Å². The van der Waals surface area contributed by atoms with Crippen molar-refractivity contribution in [3.63, 3.8) is 0 Å². The number of likely N-dealkylation sites (tertiary alicyclic amines) is 1. The maximum absolute atomic E-state index is 11.8. The number of ether oxygens (including phenoxy) is 3. The summed E-state index contributed by atoms with van der Waals surface area (Å²) in [6.45, 7) is 11.0. The highest BCUT2D eigenvalue weighted by molar-refractivity contribution is 5.73. The van der Waals surface area contributed by atoms with E-state index in [1.165, 1.54) is 11.1 Å². The zero-order valence-corrected chi connectivity index (χ0v) is 24.3. The Hall–Kier alpha value is -3.31. The van der Waals surface area contributed by atoms with Crippen molar-refractivity contribution in [2.75, 3.05) is 39.5 Å². The summed E-state index contributed by atoms with van der Waals surface area (Å²) in [6, 6.07) is 16.4. The topological polar surface area (TPSA) is 106 Å². The number of nitrogens with zero attached hydrogens (tertiary/aromatic N) is 1. The number of hydrogen-bond acceptors (Lipinski definition) is 6. The van der Waals surface area contributed by atoms with Crippen LogP contribution in [-0.2, 0) is 26.3 Å². The van der Waals surface area contributed by atoms with Crippen LogP contribution in [0, 0.1) is 11.3 Å². The molecule has 1 unspecified atom stereocenters. The van der Waals surface area contributed by atoms with E-state index in [9.17, 15) is 23.1 Å². The molecule has 2 heterocycles. The van der Waals surface area contributed by atoms with Gasteiger partial charge in [-0.3, -0.25) is 4.79 Å². The molecule has 0 radical (unpaired) electrons. The number of halogens is 3. The van der Waals surface area contributed by atoms with Gasteiger partial charge < -0.3 is 29.3 Å². The van der Waals surface area contributed by atoms with Gasteiger partial charge in [-0.1, -0.05) is 57.2 Å². The monoisotopic (exact) mass is 595 g/mol. The molecule has 8 nitrogen and oxygen atoms in total. The molecule has 2 aliphatic rings. The summed E-state index contributed by atoms with van der Waals surface area (Å²) < 4.78 is 49.5. The quantitative estimate of drug-likeness (QED) is 0.333. The molecule has 0 amide bonds. The Balaban J connectivity index is 0.000000616. The molecular weight excluding hydrogens is 555 g/mol. The molecule has 11 heteroatoms. The Morgan fingerprint density at radius 1 is 1.02 bits per heavy atom. The molecule has 1 fully saturated rings. The number of alkyl halides is 3. The van der Waals surface area contributed by atoms with Crippen LogP contribution in [0.5, 0.6) is 11.5 Å². The minimum absolute atomic E-state index is 0.0239. The fourth-order valence-corrected chi connectivity index (χ4v) is 5.12. The van der Waals surface area contributed by atoms with Crippen LogP contribution in [0.15, 0.2) is 48.5 Å². The van der Waals surface area contributed by atoms with Crippen molar-refractivity contribution in [1.29, 1.82) is 0 Å². The first-order valence-corrected chi connectivity index (χ1v) is 14.0. The Morgan fingerprint density at radius 3 is 2.24 bits per heavy atom. The molecule has 0 aliphatic carbocycles. The lowest BCUT2D eigenvalue weighted by Crippen LogP contribution is -2.47. The second-order valence-corrected chi connectivity index (χ2v) is 11.8. The van der Waals surface area contributed by atoms with E-state index in [2.05, 4.69) is 23.1 Å². The Bertz CT molecular complexity index is 1170. The van der Waals surface area contributed by atoms with Crippen molar-refractivity contribution in [1.82, 2.24) is 4.90 Å². The van der Waals surface area contributed by atoms with Gasteiger partial charge in [0, 0.05) is 30.0 Å². The van der Waals surface area contributed by atoms with Crippen LogP contribution in [0.2, 0.25) is 0 Å². The SMILES string of the molecule is CC(C)(C)C(CN1CCC2(CC1)COc1cc(OCCCOCc3ccccc3)ccc12)C(=O)O.O=C(O)C(F)(F)F. The number of aliphatic carboxylic acids is 2. The number of rotatable bonds is 10. The maximum atomic E-state index is 11.8. The summed E-state index contributed by atoms with van der Waals surface area (Å²) in [7, 11) is 0. The molecule has 2 N–H and O–H groups in total. The lowest BCUT2D eigenvalue weighted by Gasteiger charge is -2.41. The molecule has 232 valence electrons. The number of carbonyl (C=O) groups is 2. The van der Waals surface area contributed by atoms with E-state index in [1.807, 2.05) is 51.1 Å². The van der Waals surface area contributed by atoms with Gasteiger partial charge in [0.15, 0.2) is 0 Å². The number of piperidine rings is 1. The molecule has 2 aromatic carbocycles. The molecule has 2 aromatic rings. The van der Waals surface area contributed by atoms with Crippen LogP contribution in [0.25, 0.3) is 0 Å². The number of benzene rings is 2. The summed E-state index contributed by atoms with van der Waals surface area (Å²) in [5.41, 5.74) is 2.21. The van der Waals surface area contributed by atoms with Gasteiger partial charge in [-0.25, -0.2) is 4.79 Å². The summed E-state index contributed by atoms with van der Waals surface area (Å²) >= 11 is 0. The Labute approximate surface area is 244 Å². The van der Waals surface area contributed by atoms with Crippen molar-refractivity contribution in [2.24, 2.45) is 11.3 Å². The summed E-state index contributed by atoms with van der Waals surface area (Å²) in [4.78, 5) is 23.0. The molecule has 1 spiro atoms. The van der Waals surface area contributed by atoms with Crippen molar-refractivity contribution in [3.8, 4) is 11.5 Å². The smallest absolute Gasteiger partial charge is 0.490 e. The zero-order valence-electron chi connectivity index (χ0n) is 24.3. The number of carboxylic acids is 2. The van der Waals surface area contributed by atoms with Gasteiger partial charge in [-0.05, 0) is 43.0 Å². The van der Waals surface area contributed by atoms with Crippen LogP contribution in [0.4, 0.5) is 13.2 Å². The molecule has 1 saturated heterocycles. The van der Waals surface area contributed by atoms with Crippen LogP contribution >= 0.6 is 0 Å². The summed E-state index contributed by atoms with van der Waals surface area (Å²) in [5.74, 6) is -2.08. The highest BCUT2D eigenvalue weighted by Crippen LogP contribution is 2.47. The van der Waals surface area contributed by atoms with Crippen molar-refractivity contribution in [2.45, 2.75) is 58.2 Å². The molecule has 42 heavy (non-hydrogen) atoms. The standard InChI is InChI=1S/C29H39NO5.C2HF3O2/c1-28(2,3)25(27(31)32)19-30-14-12-29(13-15-30)21-35-26-18-23(10-11-24(26)29)34-17-7-16-33-20-22-8-5-4-6-9-22;3-2(4,5)1(6)7/h4-6,8-11,18,25H,7,12-17,19-21H2,1-3H3,(H,31,32);(H,6,7). The number of fused-ring (bicyclic) bond motifs is 2. The fourth-order valence-electron chi connectivity index (χ4n) is 5.12. The molecule has 4 rings (SSSR count). The van der Waals surface area contributed by atoms with Gasteiger partial charge >= 0.3 is 18.1 Å². The first-order chi connectivity index (χ1) is 19.7. The predicted octanol–water partition coefficient (Wildman–Crippen LogP) is 5.78. The van der Waals surface area contributed by atoms with E-state index in [4.69, 9.17) is 24.1 Å². The zero-order chi connectivity index (χ0) is 31.0. The van der Waals surface area contributed by atoms with E-state index < -0.39 is 18.1 Å². The van der Waals surface area contributed by atoms with Gasteiger partial charge in [0.2, 0.25) is 0 Å². The second kappa shape index (κ2) is 14.2. The lowest BCUT2D eigenvalue weighted by molar-refractivity contribution is -0.192. The van der Waals surface area contributed by atoms with E-state index in [0.717, 1.165) is 43.9 Å². The lowest BCUT2D eigenvalue weighted by atomic mass is 9.73. The molecule has 2 aliphatic heterocycles. The number of hydrogen-bond donors (Lipinski definition) is 2. The second-order valence-electron chi connectivity index (χ2n) is 11.8. The predicted molar refractivity (Wildman–Crippen MR) is 150 cm³/mol. The van der Waals surface area contributed by atoms with E-state index >= 15 is 0 Å². The highest BCUT2D eigenvalue weighted by Gasteiger charge is 2.44. The van der Waals surface area contributed by atoms with Gasteiger partial charge in [-0.2, -0.15) is 13.2 Å². The van der Waals surface area contributed by atoms with E-state index in [-0.39, 0.29) is 16.7 Å². The van der Waals surface area contributed by atoms with E-state index in [0.29, 0.717) is 33.0 Å². The molecule has 1 atom stereocenters. The third-order valence-corrected chi connectivity index (χ3v) is 7.68. The minimum atomic E-state index is -5.08. The largest absolute Gasteiger partial charge is 0.493 e. The van der Waals surface area contributed by atoms with Crippen molar-refractivity contribution in [3.05, 3.63) is 59.7 Å². The summed E-state index contributed by atoms with van der Waals surface area (Å²) in [5, 5.41) is 16.8. The van der Waals surface area contributed by atoms with Crippen molar-refractivity contribution >= 4 is 11.9 Å². The maximum Gasteiger partial charge on any atom is 0.490 e. The van der Waals surface area contributed by atoms with Crippen LogP contribution < -0.4 is 9.47 Å². The Morgan fingerprint density at radius 2 is 1.67 bits per heavy atom. The van der Waals surface area contributed by atoms with Crippen LogP contribution in [0.1, 0.15) is 51.2 Å². The third-order valence-electron chi connectivity index (χ3n) is 7.68. The average molecular weight is 596 g/mol. The minimum Gasteiger partial charge on any atom is -0.493 e. The third kappa shape index (κ3) is 9.35. The Kier molecular flexibility index (Phi) is 11.3. The van der Waals surface area contributed by atoms with Gasteiger partial charge in [0.05, 0.1) is 32.3 Å². The molecule has 0 saturated carbocycles.